The smallest absolute Gasteiger partial charge is 0.475 e. The number of fused-ring (bicyclic) bond motifs is 1. The average molecular weight is 417 g/mol. The van der Waals surface area contributed by atoms with Crippen LogP contribution in [0.25, 0.3) is 0 Å². The van der Waals surface area contributed by atoms with Crippen LogP contribution in [0, 0.1) is 17.8 Å². The lowest BCUT2D eigenvalue weighted by atomic mass is 9.93. The lowest BCUT2D eigenvalue weighted by molar-refractivity contribution is -0.192. The fraction of sp³-hybridized carbons (Fsp3) is 0.632. The van der Waals surface area contributed by atoms with Crippen LogP contribution in [0.4, 0.5) is 13.2 Å². The number of halogens is 3. The summed E-state index contributed by atoms with van der Waals surface area (Å²) in [5.41, 5.74) is 1.10. The maximum absolute atomic E-state index is 11.7. The minimum absolute atomic E-state index is 0.0438. The molecule has 0 spiro atoms. The normalized spacial score (nSPS) is 24.0. The summed E-state index contributed by atoms with van der Waals surface area (Å²) >= 11 is 0. The lowest BCUT2D eigenvalue weighted by Crippen LogP contribution is -2.36. The number of ether oxygens (including phenoxy) is 1. The van der Waals surface area contributed by atoms with Gasteiger partial charge in [0.15, 0.2) is 0 Å². The van der Waals surface area contributed by atoms with E-state index in [1.807, 2.05) is 32.2 Å². The zero-order chi connectivity index (χ0) is 21.6. The van der Waals surface area contributed by atoms with Crippen molar-refractivity contribution in [3.63, 3.8) is 0 Å². The predicted molar refractivity (Wildman–Crippen MR) is 97.8 cm³/mol. The van der Waals surface area contributed by atoms with Crippen molar-refractivity contribution >= 4 is 11.9 Å². The number of carboxylic acids is 1. The fourth-order valence-electron chi connectivity index (χ4n) is 3.38. The van der Waals surface area contributed by atoms with E-state index in [2.05, 4.69) is 21.3 Å². The number of pyridine rings is 1. The van der Waals surface area contributed by atoms with Crippen LogP contribution in [0.3, 0.4) is 0 Å². The van der Waals surface area contributed by atoms with Crippen LogP contribution in [0.1, 0.15) is 19.5 Å². The number of nitrogens with zero attached hydrogens (tertiary/aromatic N) is 2. The summed E-state index contributed by atoms with van der Waals surface area (Å²) in [7, 11) is 0. The Balaban J connectivity index is 0.000000370. The molecule has 0 saturated carbocycles. The lowest BCUT2D eigenvalue weighted by Gasteiger charge is -2.20. The summed E-state index contributed by atoms with van der Waals surface area (Å²) in [5, 5.41) is 10.2. The summed E-state index contributed by atoms with van der Waals surface area (Å²) < 4.78 is 37.7. The highest BCUT2D eigenvalue weighted by atomic mass is 19.4. The van der Waals surface area contributed by atoms with Gasteiger partial charge in [-0.15, -0.1) is 0 Å². The van der Waals surface area contributed by atoms with E-state index < -0.39 is 12.1 Å². The summed E-state index contributed by atoms with van der Waals surface area (Å²) in [4.78, 5) is 27.4. The number of carbonyl (C=O) groups excluding carboxylic acids is 1. The molecule has 1 amide bonds. The molecule has 29 heavy (non-hydrogen) atoms. The van der Waals surface area contributed by atoms with Crippen molar-refractivity contribution in [3.05, 3.63) is 30.1 Å². The van der Waals surface area contributed by atoms with Crippen molar-refractivity contribution in [1.82, 2.24) is 15.2 Å². The molecule has 0 aliphatic carbocycles. The van der Waals surface area contributed by atoms with Crippen LogP contribution in [-0.2, 0) is 20.9 Å². The van der Waals surface area contributed by atoms with Crippen molar-refractivity contribution in [2.45, 2.75) is 32.7 Å². The number of aromatic nitrogens is 1. The van der Waals surface area contributed by atoms with Crippen molar-refractivity contribution in [1.29, 1.82) is 0 Å². The number of likely N-dealkylation sites (tertiary alicyclic amines) is 1. The number of amides is 1. The van der Waals surface area contributed by atoms with E-state index in [4.69, 9.17) is 14.6 Å². The van der Waals surface area contributed by atoms with Crippen molar-refractivity contribution < 1.29 is 32.6 Å². The first-order valence-corrected chi connectivity index (χ1v) is 9.39. The first-order chi connectivity index (χ1) is 13.6. The number of hydrogen-bond donors (Lipinski definition) is 2. The third-order valence-electron chi connectivity index (χ3n) is 4.93. The first kappa shape index (κ1) is 23.1. The standard InChI is InChI=1S/C17H25N3O2.C2HF3O2/c1-12(2)17(21)19-7-13-11-22-16-10-20(9-15(13)16)8-14-5-3-4-6-18-14;3-2(4,5)1(6)7/h3-6,12-13,15-16H,7-11H2,1-2H3,(H,19,21);(H,6,7)/t13-,15+,16+;/m0./s1. The van der Waals surface area contributed by atoms with E-state index in [9.17, 15) is 18.0 Å². The molecule has 0 radical (unpaired) electrons. The molecular weight excluding hydrogens is 391 g/mol. The van der Waals surface area contributed by atoms with Gasteiger partial charge in [-0.1, -0.05) is 19.9 Å². The minimum atomic E-state index is -5.08. The molecule has 2 aliphatic rings. The van der Waals surface area contributed by atoms with E-state index in [0.29, 0.717) is 17.9 Å². The van der Waals surface area contributed by atoms with Gasteiger partial charge in [-0.2, -0.15) is 13.2 Å². The van der Waals surface area contributed by atoms with Gasteiger partial charge in [0.05, 0.1) is 18.4 Å². The molecule has 2 aliphatic heterocycles. The number of nitrogens with one attached hydrogen (secondary N) is 1. The minimum Gasteiger partial charge on any atom is -0.475 e. The molecular formula is C19H26F3N3O4. The number of aliphatic carboxylic acids is 1. The molecule has 0 bridgehead atoms. The monoisotopic (exact) mass is 417 g/mol. The Morgan fingerprint density at radius 2 is 2.03 bits per heavy atom. The van der Waals surface area contributed by atoms with E-state index in [-0.39, 0.29) is 11.8 Å². The summed E-state index contributed by atoms with van der Waals surface area (Å²) in [5.74, 6) is -1.63. The van der Waals surface area contributed by atoms with Gasteiger partial charge in [0.2, 0.25) is 5.91 Å². The highest BCUT2D eigenvalue weighted by molar-refractivity contribution is 5.77. The summed E-state index contributed by atoms with van der Waals surface area (Å²) in [6.45, 7) is 8.23. The Hall–Kier alpha value is -2.20. The van der Waals surface area contributed by atoms with Crippen LogP contribution in [0.5, 0.6) is 0 Å². The molecule has 10 heteroatoms. The van der Waals surface area contributed by atoms with Gasteiger partial charge in [0.25, 0.3) is 0 Å². The van der Waals surface area contributed by atoms with Gasteiger partial charge in [0, 0.05) is 50.1 Å². The first-order valence-electron chi connectivity index (χ1n) is 9.39. The quantitative estimate of drug-likeness (QED) is 0.761. The topological polar surface area (TPSA) is 91.8 Å². The van der Waals surface area contributed by atoms with E-state index in [1.165, 1.54) is 0 Å². The van der Waals surface area contributed by atoms with Crippen molar-refractivity contribution in [2.24, 2.45) is 17.8 Å². The van der Waals surface area contributed by atoms with Gasteiger partial charge >= 0.3 is 12.1 Å². The Bertz CT molecular complexity index is 685. The van der Waals surface area contributed by atoms with Crippen molar-refractivity contribution in [3.8, 4) is 0 Å². The van der Waals surface area contributed by atoms with Crippen LogP contribution < -0.4 is 5.32 Å². The van der Waals surface area contributed by atoms with Crippen LogP contribution in [0.15, 0.2) is 24.4 Å². The summed E-state index contributed by atoms with van der Waals surface area (Å²) in [6, 6.07) is 6.04. The molecule has 162 valence electrons. The molecule has 1 aromatic heterocycles. The Labute approximate surface area is 167 Å². The molecule has 7 nitrogen and oxygen atoms in total. The van der Waals surface area contributed by atoms with Crippen LogP contribution in [0.2, 0.25) is 0 Å². The zero-order valence-electron chi connectivity index (χ0n) is 16.4. The van der Waals surface area contributed by atoms with E-state index in [0.717, 1.165) is 38.5 Å². The Morgan fingerprint density at radius 1 is 1.34 bits per heavy atom. The highest BCUT2D eigenvalue weighted by Crippen LogP contribution is 2.33. The molecule has 1 aromatic rings. The fourth-order valence-corrected chi connectivity index (χ4v) is 3.38. The number of carboxylic acid groups (broad SMARTS) is 1. The largest absolute Gasteiger partial charge is 0.490 e. The van der Waals surface area contributed by atoms with Crippen LogP contribution in [-0.4, -0.2) is 65.4 Å². The van der Waals surface area contributed by atoms with Gasteiger partial charge in [-0.05, 0) is 12.1 Å². The Kier molecular flexibility index (Phi) is 7.97. The maximum atomic E-state index is 11.7. The van der Waals surface area contributed by atoms with E-state index in [1.54, 1.807) is 0 Å². The second kappa shape index (κ2) is 10.0. The number of hydrogen-bond acceptors (Lipinski definition) is 5. The molecule has 3 atom stereocenters. The third-order valence-corrected chi connectivity index (χ3v) is 4.93. The molecule has 3 rings (SSSR count). The third kappa shape index (κ3) is 6.97. The summed E-state index contributed by atoms with van der Waals surface area (Å²) in [6.07, 6.45) is -2.93. The van der Waals surface area contributed by atoms with Gasteiger partial charge in [-0.3, -0.25) is 14.7 Å². The van der Waals surface area contributed by atoms with Crippen molar-refractivity contribution in [2.75, 3.05) is 26.2 Å². The molecule has 2 fully saturated rings. The highest BCUT2D eigenvalue weighted by Gasteiger charge is 2.43. The number of alkyl halides is 3. The SMILES string of the molecule is CC(C)C(=O)NC[C@H]1CO[C@@H]2CN(Cc3ccccn3)C[C@H]12.O=C(O)C(F)(F)F. The van der Waals surface area contributed by atoms with Crippen LogP contribution >= 0.6 is 0 Å². The van der Waals surface area contributed by atoms with Gasteiger partial charge < -0.3 is 15.2 Å². The molecule has 3 heterocycles. The maximum Gasteiger partial charge on any atom is 0.490 e. The van der Waals surface area contributed by atoms with Gasteiger partial charge in [-0.25, -0.2) is 4.79 Å². The van der Waals surface area contributed by atoms with Gasteiger partial charge in [0.1, 0.15) is 0 Å². The predicted octanol–water partition coefficient (Wildman–Crippen LogP) is 1.93. The molecule has 2 N–H and O–H groups in total. The molecule has 0 unspecified atom stereocenters. The molecule has 2 saturated heterocycles. The average Bonchev–Trinajstić information content (AvgIpc) is 3.20. The second-order valence-corrected chi connectivity index (χ2v) is 7.51. The molecule has 0 aromatic carbocycles. The Morgan fingerprint density at radius 3 is 2.59 bits per heavy atom. The number of carbonyl (C=O) groups is 2. The number of rotatable bonds is 5. The zero-order valence-corrected chi connectivity index (χ0v) is 16.4. The second-order valence-electron chi connectivity index (χ2n) is 7.51. The van der Waals surface area contributed by atoms with E-state index >= 15 is 0 Å².